The standard InChI is InChI=1S/C14H17NO3/c16-14(17)9-15(11-5-6-11)8-12-7-10-3-1-2-4-13(10)18-12/h1-4,11-12H,5-9H2,(H,16,17). The first kappa shape index (κ1) is 11.5. The van der Waals surface area contributed by atoms with Crippen LogP contribution in [0.1, 0.15) is 18.4 Å². The van der Waals surface area contributed by atoms with Gasteiger partial charge in [0, 0.05) is 19.0 Å². The van der Waals surface area contributed by atoms with Crippen LogP contribution >= 0.6 is 0 Å². The maximum absolute atomic E-state index is 10.9. The van der Waals surface area contributed by atoms with E-state index in [1.54, 1.807) is 0 Å². The summed E-state index contributed by atoms with van der Waals surface area (Å²) in [5.74, 6) is 0.200. The molecule has 1 N–H and O–H groups in total. The summed E-state index contributed by atoms with van der Waals surface area (Å²) >= 11 is 0. The molecular weight excluding hydrogens is 230 g/mol. The number of carbonyl (C=O) groups is 1. The highest BCUT2D eigenvalue weighted by Gasteiger charge is 2.34. The second-order valence-electron chi connectivity index (χ2n) is 5.11. The number of nitrogens with zero attached hydrogens (tertiary/aromatic N) is 1. The van der Waals surface area contributed by atoms with Gasteiger partial charge in [0.15, 0.2) is 0 Å². The Morgan fingerprint density at radius 3 is 2.83 bits per heavy atom. The molecular formula is C14H17NO3. The fraction of sp³-hybridized carbons (Fsp3) is 0.500. The zero-order valence-electron chi connectivity index (χ0n) is 10.2. The van der Waals surface area contributed by atoms with Crippen molar-refractivity contribution in [1.29, 1.82) is 0 Å². The quantitative estimate of drug-likeness (QED) is 0.857. The predicted octanol–water partition coefficient (Wildman–Crippen LogP) is 1.54. The lowest BCUT2D eigenvalue weighted by Crippen LogP contribution is -2.39. The van der Waals surface area contributed by atoms with Crippen LogP contribution in [-0.2, 0) is 11.2 Å². The van der Waals surface area contributed by atoms with Gasteiger partial charge in [-0.05, 0) is 24.5 Å². The summed E-state index contributed by atoms with van der Waals surface area (Å²) in [4.78, 5) is 12.9. The predicted molar refractivity (Wildman–Crippen MR) is 66.8 cm³/mol. The number of benzene rings is 1. The minimum atomic E-state index is -0.752. The van der Waals surface area contributed by atoms with E-state index in [4.69, 9.17) is 9.84 Å². The third-order valence-electron chi connectivity index (χ3n) is 3.55. The number of rotatable bonds is 5. The van der Waals surface area contributed by atoms with Crippen LogP contribution in [-0.4, -0.2) is 41.2 Å². The Labute approximate surface area is 106 Å². The first-order valence-electron chi connectivity index (χ1n) is 6.43. The fourth-order valence-corrected chi connectivity index (χ4v) is 2.57. The molecule has 1 aliphatic heterocycles. The minimum Gasteiger partial charge on any atom is -0.488 e. The third-order valence-corrected chi connectivity index (χ3v) is 3.55. The molecule has 4 heteroatoms. The maximum atomic E-state index is 10.9. The normalized spacial score (nSPS) is 21.7. The number of carboxylic acid groups (broad SMARTS) is 1. The number of hydrogen-bond donors (Lipinski definition) is 1. The molecule has 96 valence electrons. The van der Waals surface area contributed by atoms with E-state index in [9.17, 15) is 4.79 Å². The van der Waals surface area contributed by atoms with Crippen LogP contribution in [0.3, 0.4) is 0 Å². The Morgan fingerprint density at radius 2 is 2.17 bits per heavy atom. The first-order chi connectivity index (χ1) is 8.72. The Bertz CT molecular complexity index is 431. The largest absolute Gasteiger partial charge is 0.488 e. The molecule has 1 aliphatic carbocycles. The molecule has 1 heterocycles. The van der Waals surface area contributed by atoms with Crippen molar-refractivity contribution in [3.8, 4) is 5.75 Å². The molecule has 2 aliphatic rings. The number of fused-ring (bicyclic) bond motifs is 1. The van der Waals surface area contributed by atoms with Crippen LogP contribution in [0.4, 0.5) is 0 Å². The molecule has 0 radical (unpaired) electrons. The lowest BCUT2D eigenvalue weighted by Gasteiger charge is -2.23. The number of ether oxygens (including phenoxy) is 1. The number of carboxylic acids is 1. The van der Waals surface area contributed by atoms with Crippen LogP contribution in [0, 0.1) is 0 Å². The van der Waals surface area contributed by atoms with Crippen molar-refractivity contribution in [2.45, 2.75) is 31.4 Å². The van der Waals surface area contributed by atoms with Crippen molar-refractivity contribution in [2.24, 2.45) is 0 Å². The first-order valence-corrected chi connectivity index (χ1v) is 6.43. The van der Waals surface area contributed by atoms with E-state index in [0.29, 0.717) is 12.6 Å². The van der Waals surface area contributed by atoms with Gasteiger partial charge in [-0.25, -0.2) is 0 Å². The topological polar surface area (TPSA) is 49.8 Å². The highest BCUT2D eigenvalue weighted by molar-refractivity contribution is 5.69. The Balaban J connectivity index is 1.62. The Morgan fingerprint density at radius 1 is 1.39 bits per heavy atom. The van der Waals surface area contributed by atoms with Gasteiger partial charge in [-0.1, -0.05) is 18.2 Å². The lowest BCUT2D eigenvalue weighted by atomic mass is 10.1. The van der Waals surface area contributed by atoms with Crippen LogP contribution in [0.2, 0.25) is 0 Å². The van der Waals surface area contributed by atoms with E-state index in [1.165, 1.54) is 5.56 Å². The maximum Gasteiger partial charge on any atom is 0.317 e. The van der Waals surface area contributed by atoms with Crippen molar-refractivity contribution in [2.75, 3.05) is 13.1 Å². The minimum absolute atomic E-state index is 0.0994. The van der Waals surface area contributed by atoms with Crippen LogP contribution in [0.25, 0.3) is 0 Å². The number of hydrogen-bond acceptors (Lipinski definition) is 3. The van der Waals surface area contributed by atoms with Gasteiger partial charge in [0.2, 0.25) is 0 Å². The van der Waals surface area contributed by atoms with Gasteiger partial charge in [0.05, 0.1) is 6.54 Å². The second-order valence-corrected chi connectivity index (χ2v) is 5.11. The molecule has 1 saturated carbocycles. The molecule has 1 aromatic rings. The molecule has 0 saturated heterocycles. The van der Waals surface area contributed by atoms with Gasteiger partial charge in [0.1, 0.15) is 11.9 Å². The van der Waals surface area contributed by atoms with Crippen LogP contribution in [0.15, 0.2) is 24.3 Å². The summed E-state index contributed by atoms with van der Waals surface area (Å²) < 4.78 is 5.86. The van der Waals surface area contributed by atoms with Crippen molar-refractivity contribution in [1.82, 2.24) is 4.90 Å². The number of para-hydroxylation sites is 1. The summed E-state index contributed by atoms with van der Waals surface area (Å²) in [6, 6.07) is 8.49. The lowest BCUT2D eigenvalue weighted by molar-refractivity contribution is -0.138. The van der Waals surface area contributed by atoms with E-state index < -0.39 is 5.97 Å². The van der Waals surface area contributed by atoms with Crippen molar-refractivity contribution >= 4 is 5.97 Å². The van der Waals surface area contributed by atoms with E-state index in [0.717, 1.165) is 25.0 Å². The Hall–Kier alpha value is -1.55. The third kappa shape index (κ3) is 2.48. The summed E-state index contributed by atoms with van der Waals surface area (Å²) in [6.45, 7) is 0.840. The summed E-state index contributed by atoms with van der Waals surface area (Å²) in [5.41, 5.74) is 1.23. The SMILES string of the molecule is O=C(O)CN(CC1Cc2ccccc2O1)C1CC1. The molecule has 18 heavy (non-hydrogen) atoms. The second kappa shape index (κ2) is 4.61. The van der Waals surface area contributed by atoms with Gasteiger partial charge < -0.3 is 9.84 Å². The van der Waals surface area contributed by atoms with Crippen molar-refractivity contribution < 1.29 is 14.6 Å². The highest BCUT2D eigenvalue weighted by atomic mass is 16.5. The monoisotopic (exact) mass is 247 g/mol. The van der Waals surface area contributed by atoms with E-state index >= 15 is 0 Å². The zero-order valence-corrected chi connectivity index (χ0v) is 10.2. The summed E-state index contributed by atoms with van der Waals surface area (Å²) in [5, 5.41) is 8.93. The Kier molecular flexibility index (Phi) is 2.96. The average Bonchev–Trinajstić information content (AvgIpc) is 3.08. The van der Waals surface area contributed by atoms with Crippen LogP contribution < -0.4 is 4.74 Å². The molecule has 1 fully saturated rings. The van der Waals surface area contributed by atoms with Crippen molar-refractivity contribution in [3.05, 3.63) is 29.8 Å². The zero-order chi connectivity index (χ0) is 12.5. The highest BCUT2D eigenvalue weighted by Crippen LogP contribution is 2.31. The van der Waals surface area contributed by atoms with Crippen molar-refractivity contribution in [3.63, 3.8) is 0 Å². The molecule has 1 unspecified atom stereocenters. The summed E-state index contributed by atoms with van der Waals surface area (Å²) in [6.07, 6.45) is 3.22. The molecule has 0 bridgehead atoms. The van der Waals surface area contributed by atoms with E-state index in [-0.39, 0.29) is 12.6 Å². The van der Waals surface area contributed by atoms with Gasteiger partial charge in [-0.2, -0.15) is 0 Å². The van der Waals surface area contributed by atoms with Crippen LogP contribution in [0.5, 0.6) is 5.75 Å². The molecule has 1 aromatic carbocycles. The molecule has 0 aromatic heterocycles. The smallest absolute Gasteiger partial charge is 0.317 e. The molecule has 0 spiro atoms. The van der Waals surface area contributed by atoms with E-state index in [1.807, 2.05) is 23.1 Å². The number of aliphatic carboxylic acids is 1. The van der Waals surface area contributed by atoms with Gasteiger partial charge in [0.25, 0.3) is 0 Å². The van der Waals surface area contributed by atoms with Gasteiger partial charge >= 0.3 is 5.97 Å². The average molecular weight is 247 g/mol. The fourth-order valence-electron chi connectivity index (χ4n) is 2.57. The molecule has 0 amide bonds. The molecule has 1 atom stereocenters. The van der Waals surface area contributed by atoms with E-state index in [2.05, 4.69) is 6.07 Å². The van der Waals surface area contributed by atoms with Gasteiger partial charge in [-0.3, -0.25) is 9.69 Å². The molecule has 4 nitrogen and oxygen atoms in total. The molecule has 3 rings (SSSR count). The van der Waals surface area contributed by atoms with Gasteiger partial charge in [-0.15, -0.1) is 0 Å². The summed E-state index contributed by atoms with van der Waals surface area (Å²) in [7, 11) is 0.